The smallest absolute Gasteiger partial charge is 0.240 e. The zero-order valence-electron chi connectivity index (χ0n) is 13.9. The average Bonchev–Trinajstić information content (AvgIpc) is 2.60. The van der Waals surface area contributed by atoms with Crippen molar-refractivity contribution in [1.29, 1.82) is 0 Å². The zero-order valence-corrected chi connectivity index (χ0v) is 14.7. The number of nitrogens with one attached hydrogen (secondary N) is 1. The van der Waals surface area contributed by atoms with Gasteiger partial charge in [0, 0.05) is 6.54 Å². The Morgan fingerprint density at radius 1 is 1.08 bits per heavy atom. The van der Waals surface area contributed by atoms with E-state index < -0.39 is 15.6 Å². The Morgan fingerprint density at radius 2 is 1.71 bits per heavy atom. The number of methoxy groups -OCH3 is 1. The summed E-state index contributed by atoms with van der Waals surface area (Å²) in [5, 5.41) is 10.4. The Morgan fingerprint density at radius 3 is 2.29 bits per heavy atom. The third-order valence-corrected chi connectivity index (χ3v) is 5.22. The van der Waals surface area contributed by atoms with Crippen LogP contribution in [0.3, 0.4) is 0 Å². The number of hydrogen-bond acceptors (Lipinski definition) is 4. The molecule has 0 aliphatic rings. The first kappa shape index (κ1) is 18.4. The molecule has 5 nitrogen and oxygen atoms in total. The third kappa shape index (κ3) is 5.33. The SMILES string of the molecule is COc1ccc(S(=O)(=O)NCC(C)(O)CCc2ccccc2)cc1. The summed E-state index contributed by atoms with van der Waals surface area (Å²) in [6.07, 6.45) is 1.14. The second kappa shape index (κ2) is 7.79. The summed E-state index contributed by atoms with van der Waals surface area (Å²) in [5.41, 5.74) is -0.0224. The van der Waals surface area contributed by atoms with Gasteiger partial charge in [-0.1, -0.05) is 30.3 Å². The van der Waals surface area contributed by atoms with Crippen LogP contribution >= 0.6 is 0 Å². The van der Waals surface area contributed by atoms with Gasteiger partial charge >= 0.3 is 0 Å². The number of benzene rings is 2. The Bertz CT molecular complexity index is 740. The van der Waals surface area contributed by atoms with E-state index in [0.29, 0.717) is 18.6 Å². The van der Waals surface area contributed by atoms with Crippen molar-refractivity contribution in [2.75, 3.05) is 13.7 Å². The molecule has 1 atom stereocenters. The standard InChI is InChI=1S/C18H23NO4S/c1-18(20,13-12-15-6-4-3-5-7-15)14-19-24(21,22)17-10-8-16(23-2)9-11-17/h3-11,19-20H,12-14H2,1-2H3. The number of aliphatic hydroxyl groups is 1. The van der Waals surface area contributed by atoms with E-state index >= 15 is 0 Å². The monoisotopic (exact) mass is 349 g/mol. The maximum Gasteiger partial charge on any atom is 0.240 e. The van der Waals surface area contributed by atoms with E-state index in [2.05, 4.69) is 4.72 Å². The van der Waals surface area contributed by atoms with Gasteiger partial charge in [-0.05, 0) is 49.6 Å². The quantitative estimate of drug-likeness (QED) is 0.767. The van der Waals surface area contributed by atoms with Crippen LogP contribution in [0.1, 0.15) is 18.9 Å². The lowest BCUT2D eigenvalue weighted by Gasteiger charge is -2.23. The van der Waals surface area contributed by atoms with E-state index in [0.717, 1.165) is 5.56 Å². The van der Waals surface area contributed by atoms with Crippen LogP contribution in [-0.4, -0.2) is 32.8 Å². The van der Waals surface area contributed by atoms with E-state index in [9.17, 15) is 13.5 Å². The second-order valence-electron chi connectivity index (χ2n) is 5.98. The van der Waals surface area contributed by atoms with Crippen molar-refractivity contribution >= 4 is 10.0 Å². The highest BCUT2D eigenvalue weighted by molar-refractivity contribution is 7.89. The molecule has 0 aromatic heterocycles. The molecule has 24 heavy (non-hydrogen) atoms. The average molecular weight is 349 g/mol. The first-order valence-electron chi connectivity index (χ1n) is 7.72. The first-order valence-corrected chi connectivity index (χ1v) is 9.21. The lowest BCUT2D eigenvalue weighted by molar-refractivity contribution is 0.0565. The minimum absolute atomic E-state index is 0.0474. The first-order chi connectivity index (χ1) is 11.3. The van der Waals surface area contributed by atoms with E-state index in [1.807, 2.05) is 30.3 Å². The molecule has 2 rings (SSSR count). The normalized spacial score (nSPS) is 14.1. The highest BCUT2D eigenvalue weighted by Gasteiger charge is 2.24. The molecule has 0 amide bonds. The van der Waals surface area contributed by atoms with Crippen molar-refractivity contribution in [1.82, 2.24) is 4.72 Å². The van der Waals surface area contributed by atoms with E-state index in [1.165, 1.54) is 19.2 Å². The molecule has 1 unspecified atom stereocenters. The highest BCUT2D eigenvalue weighted by Crippen LogP contribution is 2.17. The lowest BCUT2D eigenvalue weighted by Crippen LogP contribution is -2.40. The summed E-state index contributed by atoms with van der Waals surface area (Å²) in [4.78, 5) is 0.141. The maximum absolute atomic E-state index is 12.3. The van der Waals surface area contributed by atoms with E-state index in [-0.39, 0.29) is 11.4 Å². The highest BCUT2D eigenvalue weighted by atomic mass is 32.2. The molecule has 0 bridgehead atoms. The van der Waals surface area contributed by atoms with Crippen LogP contribution in [0.5, 0.6) is 5.75 Å². The molecule has 0 aliphatic carbocycles. The van der Waals surface area contributed by atoms with Gasteiger partial charge in [-0.15, -0.1) is 0 Å². The summed E-state index contributed by atoms with van der Waals surface area (Å²) >= 11 is 0. The summed E-state index contributed by atoms with van der Waals surface area (Å²) in [6, 6.07) is 15.9. The number of ether oxygens (including phenoxy) is 1. The summed E-state index contributed by atoms with van der Waals surface area (Å²) < 4.78 is 32.1. The molecule has 2 aromatic rings. The fraction of sp³-hybridized carbons (Fsp3) is 0.333. The van der Waals surface area contributed by atoms with Crippen molar-refractivity contribution < 1.29 is 18.3 Å². The van der Waals surface area contributed by atoms with Gasteiger partial charge in [0.05, 0.1) is 17.6 Å². The van der Waals surface area contributed by atoms with E-state index in [1.54, 1.807) is 19.1 Å². The zero-order chi connectivity index (χ0) is 17.6. The van der Waals surface area contributed by atoms with Gasteiger partial charge < -0.3 is 9.84 Å². The molecule has 2 aromatic carbocycles. The Balaban J connectivity index is 1.94. The number of hydrogen-bond donors (Lipinski definition) is 2. The van der Waals surface area contributed by atoms with E-state index in [4.69, 9.17) is 4.74 Å². The second-order valence-corrected chi connectivity index (χ2v) is 7.75. The molecule has 0 spiro atoms. The Kier molecular flexibility index (Phi) is 5.99. The Hall–Kier alpha value is -1.89. The minimum atomic E-state index is -3.67. The number of sulfonamides is 1. The molecule has 0 saturated heterocycles. The molecular weight excluding hydrogens is 326 g/mol. The van der Waals surface area contributed by atoms with Crippen LogP contribution in [0.4, 0.5) is 0 Å². The molecule has 0 fully saturated rings. The predicted molar refractivity (Wildman–Crippen MR) is 93.6 cm³/mol. The maximum atomic E-state index is 12.3. The van der Waals surface area contributed by atoms with Gasteiger partial charge in [0.1, 0.15) is 5.75 Å². The summed E-state index contributed by atoms with van der Waals surface area (Å²) in [5.74, 6) is 0.587. The molecule has 6 heteroatoms. The topological polar surface area (TPSA) is 75.6 Å². The molecule has 0 saturated carbocycles. The van der Waals surface area contributed by atoms with Crippen LogP contribution in [-0.2, 0) is 16.4 Å². The molecule has 2 N–H and O–H groups in total. The largest absolute Gasteiger partial charge is 0.497 e. The van der Waals surface area contributed by atoms with Crippen molar-refractivity contribution in [3.63, 3.8) is 0 Å². The van der Waals surface area contributed by atoms with Gasteiger partial charge in [-0.3, -0.25) is 0 Å². The molecule has 0 radical (unpaired) electrons. The summed E-state index contributed by atoms with van der Waals surface area (Å²) in [6.45, 7) is 1.58. The van der Waals surface area contributed by atoms with Gasteiger partial charge in [0.2, 0.25) is 10.0 Å². The molecule has 0 heterocycles. The minimum Gasteiger partial charge on any atom is -0.497 e. The fourth-order valence-electron chi connectivity index (χ4n) is 2.24. The molecular formula is C18H23NO4S. The fourth-order valence-corrected chi connectivity index (χ4v) is 3.40. The van der Waals surface area contributed by atoms with Gasteiger partial charge in [0.15, 0.2) is 0 Å². The van der Waals surface area contributed by atoms with Gasteiger partial charge in [0.25, 0.3) is 0 Å². The van der Waals surface area contributed by atoms with Crippen LogP contribution < -0.4 is 9.46 Å². The van der Waals surface area contributed by atoms with Gasteiger partial charge in [-0.2, -0.15) is 0 Å². The van der Waals surface area contributed by atoms with Crippen molar-refractivity contribution in [3.05, 3.63) is 60.2 Å². The lowest BCUT2D eigenvalue weighted by atomic mass is 9.97. The van der Waals surface area contributed by atoms with Crippen LogP contribution in [0.2, 0.25) is 0 Å². The molecule has 130 valence electrons. The van der Waals surface area contributed by atoms with Crippen LogP contribution in [0.15, 0.2) is 59.5 Å². The predicted octanol–water partition coefficient (Wildman–Crippen LogP) is 2.36. The van der Waals surface area contributed by atoms with Crippen LogP contribution in [0.25, 0.3) is 0 Å². The van der Waals surface area contributed by atoms with Crippen molar-refractivity contribution in [3.8, 4) is 5.75 Å². The Labute approximate surface area is 143 Å². The number of rotatable bonds is 8. The molecule has 0 aliphatic heterocycles. The van der Waals surface area contributed by atoms with Crippen molar-refractivity contribution in [2.45, 2.75) is 30.3 Å². The van der Waals surface area contributed by atoms with Crippen molar-refractivity contribution in [2.24, 2.45) is 0 Å². The van der Waals surface area contributed by atoms with Crippen LogP contribution in [0, 0.1) is 0 Å². The summed E-state index contributed by atoms with van der Waals surface area (Å²) in [7, 11) is -2.15. The van der Waals surface area contributed by atoms with Gasteiger partial charge in [-0.25, -0.2) is 13.1 Å². The third-order valence-electron chi connectivity index (χ3n) is 3.81. The number of aryl methyl sites for hydroxylation is 1.